The molecule has 0 unspecified atom stereocenters. The van der Waals surface area contributed by atoms with E-state index in [-0.39, 0.29) is 5.41 Å². The minimum Gasteiger partial charge on any atom is -0.493 e. The van der Waals surface area contributed by atoms with E-state index in [1.54, 1.807) is 14.2 Å². The Hall–Kier alpha value is -2.33. The Balaban J connectivity index is 1.77. The molecule has 2 aromatic rings. The highest BCUT2D eigenvalue weighted by atomic mass is 16.5. The van der Waals surface area contributed by atoms with Crippen LogP contribution < -0.4 is 9.47 Å². The van der Waals surface area contributed by atoms with Gasteiger partial charge in [0, 0.05) is 30.8 Å². The van der Waals surface area contributed by atoms with Crippen LogP contribution in [0.1, 0.15) is 37.8 Å². The Kier molecular flexibility index (Phi) is 6.96. The van der Waals surface area contributed by atoms with Gasteiger partial charge in [-0.1, -0.05) is 37.3 Å². The van der Waals surface area contributed by atoms with Crippen molar-refractivity contribution >= 4 is 6.21 Å². The van der Waals surface area contributed by atoms with Crippen molar-refractivity contribution in [3.8, 4) is 11.5 Å². The Morgan fingerprint density at radius 3 is 2.48 bits per heavy atom. The van der Waals surface area contributed by atoms with E-state index in [4.69, 9.17) is 14.5 Å². The van der Waals surface area contributed by atoms with Crippen molar-refractivity contribution in [1.82, 2.24) is 4.90 Å². The molecule has 29 heavy (non-hydrogen) atoms. The van der Waals surface area contributed by atoms with Gasteiger partial charge in [0.1, 0.15) is 0 Å². The van der Waals surface area contributed by atoms with E-state index >= 15 is 0 Å². The molecule has 1 fully saturated rings. The van der Waals surface area contributed by atoms with Gasteiger partial charge in [-0.25, -0.2) is 0 Å². The third kappa shape index (κ3) is 4.64. The predicted molar refractivity (Wildman–Crippen MR) is 121 cm³/mol. The average Bonchev–Trinajstić information content (AvgIpc) is 2.75. The van der Waals surface area contributed by atoms with Crippen molar-refractivity contribution < 1.29 is 9.47 Å². The fraction of sp³-hybridized carbons (Fsp3) is 0.480. The lowest BCUT2D eigenvalue weighted by Gasteiger charge is -2.49. The number of methoxy groups -OCH3 is 2. The summed E-state index contributed by atoms with van der Waals surface area (Å²) in [5.41, 5.74) is 2.65. The predicted octanol–water partition coefficient (Wildman–Crippen LogP) is 4.81. The van der Waals surface area contributed by atoms with Gasteiger partial charge < -0.3 is 14.4 Å². The molecular formula is C25H34N2O2. The lowest BCUT2D eigenvalue weighted by Crippen LogP contribution is -2.51. The van der Waals surface area contributed by atoms with Gasteiger partial charge in [-0.2, -0.15) is 0 Å². The molecule has 1 aliphatic rings. The molecule has 0 aromatic heterocycles. The molecule has 0 amide bonds. The third-order valence-corrected chi connectivity index (χ3v) is 6.60. The van der Waals surface area contributed by atoms with E-state index in [1.165, 1.54) is 12.0 Å². The van der Waals surface area contributed by atoms with Gasteiger partial charge >= 0.3 is 0 Å². The van der Waals surface area contributed by atoms with Crippen LogP contribution in [0.4, 0.5) is 0 Å². The van der Waals surface area contributed by atoms with E-state index < -0.39 is 0 Å². The van der Waals surface area contributed by atoms with Crippen molar-refractivity contribution in [3.63, 3.8) is 0 Å². The third-order valence-electron chi connectivity index (χ3n) is 6.60. The van der Waals surface area contributed by atoms with Crippen LogP contribution >= 0.6 is 0 Å². The first-order valence-corrected chi connectivity index (χ1v) is 10.5. The Labute approximate surface area is 175 Å². The van der Waals surface area contributed by atoms with Crippen LogP contribution in [-0.4, -0.2) is 51.5 Å². The average molecular weight is 395 g/mol. The number of hydrogen-bond acceptors (Lipinski definition) is 4. The van der Waals surface area contributed by atoms with Crippen LogP contribution in [0, 0.1) is 5.92 Å². The summed E-state index contributed by atoms with van der Waals surface area (Å²) in [5.74, 6) is 2.05. The Morgan fingerprint density at radius 2 is 1.79 bits per heavy atom. The number of ether oxygens (including phenoxy) is 2. The zero-order valence-corrected chi connectivity index (χ0v) is 18.4. The fourth-order valence-corrected chi connectivity index (χ4v) is 4.70. The van der Waals surface area contributed by atoms with Crippen LogP contribution in [0.15, 0.2) is 53.5 Å². The van der Waals surface area contributed by atoms with Crippen LogP contribution in [0.5, 0.6) is 11.5 Å². The SMILES string of the molecule is COc1ccc(C=NCC[C@]2(c3ccccc3)C[C@H](C)N(C)C[C@H]2C)cc1OC. The van der Waals surface area contributed by atoms with Gasteiger partial charge in [0.2, 0.25) is 0 Å². The van der Waals surface area contributed by atoms with E-state index in [0.29, 0.717) is 12.0 Å². The summed E-state index contributed by atoms with van der Waals surface area (Å²) in [6.07, 6.45) is 4.17. The van der Waals surface area contributed by atoms with E-state index in [0.717, 1.165) is 36.6 Å². The van der Waals surface area contributed by atoms with Crippen molar-refractivity contribution in [3.05, 3.63) is 59.7 Å². The molecule has 0 saturated carbocycles. The summed E-state index contributed by atoms with van der Waals surface area (Å²) in [7, 11) is 5.55. The second kappa shape index (κ2) is 9.45. The first-order valence-electron chi connectivity index (χ1n) is 10.5. The molecule has 156 valence electrons. The summed E-state index contributed by atoms with van der Waals surface area (Å²) < 4.78 is 10.7. The quantitative estimate of drug-likeness (QED) is 0.632. The smallest absolute Gasteiger partial charge is 0.161 e. The maximum Gasteiger partial charge on any atom is 0.161 e. The van der Waals surface area contributed by atoms with Gasteiger partial charge in [-0.15, -0.1) is 0 Å². The van der Waals surface area contributed by atoms with Gasteiger partial charge in [0.15, 0.2) is 11.5 Å². The van der Waals surface area contributed by atoms with Crippen LogP contribution in [0.25, 0.3) is 0 Å². The molecule has 0 bridgehead atoms. The number of aliphatic imine (C=N–C) groups is 1. The van der Waals surface area contributed by atoms with Crippen molar-refractivity contribution in [2.75, 3.05) is 34.4 Å². The Morgan fingerprint density at radius 1 is 1.07 bits per heavy atom. The summed E-state index contributed by atoms with van der Waals surface area (Å²) in [6, 6.07) is 17.5. The van der Waals surface area contributed by atoms with Gasteiger partial charge in [0.05, 0.1) is 14.2 Å². The van der Waals surface area contributed by atoms with Crippen molar-refractivity contribution in [2.24, 2.45) is 10.9 Å². The van der Waals surface area contributed by atoms with Gasteiger partial charge in [-0.3, -0.25) is 4.99 Å². The van der Waals surface area contributed by atoms with Gasteiger partial charge in [0.25, 0.3) is 0 Å². The molecule has 4 heteroatoms. The minimum absolute atomic E-state index is 0.169. The zero-order valence-electron chi connectivity index (χ0n) is 18.4. The second-order valence-corrected chi connectivity index (χ2v) is 8.32. The normalized spacial score (nSPS) is 25.3. The van der Waals surface area contributed by atoms with Crippen molar-refractivity contribution in [1.29, 1.82) is 0 Å². The van der Waals surface area contributed by atoms with Crippen LogP contribution in [0.3, 0.4) is 0 Å². The van der Waals surface area contributed by atoms with E-state index in [1.807, 2.05) is 24.4 Å². The molecule has 2 aromatic carbocycles. The zero-order chi connectivity index (χ0) is 20.9. The van der Waals surface area contributed by atoms with Crippen LogP contribution in [0.2, 0.25) is 0 Å². The summed E-state index contributed by atoms with van der Waals surface area (Å²) in [6.45, 7) is 6.67. The molecule has 0 radical (unpaired) electrons. The maximum atomic E-state index is 5.40. The largest absolute Gasteiger partial charge is 0.493 e. The topological polar surface area (TPSA) is 34.1 Å². The molecule has 1 saturated heterocycles. The minimum atomic E-state index is 0.169. The number of rotatable bonds is 7. The number of likely N-dealkylation sites (tertiary alicyclic amines) is 1. The summed E-state index contributed by atoms with van der Waals surface area (Å²) in [4.78, 5) is 7.27. The number of hydrogen-bond donors (Lipinski definition) is 0. The van der Waals surface area contributed by atoms with Crippen LogP contribution in [-0.2, 0) is 5.41 Å². The lowest BCUT2D eigenvalue weighted by molar-refractivity contribution is 0.0705. The molecule has 0 spiro atoms. The highest BCUT2D eigenvalue weighted by Gasteiger charge is 2.43. The standard InChI is InChI=1S/C25H34N2O2/c1-19-18-27(3)20(2)16-25(19,22-9-7-6-8-10-22)13-14-26-17-21-11-12-23(28-4)24(15-21)29-5/h6-12,15,17,19-20H,13-14,16,18H2,1-5H3/t19-,20+,25+/m1/s1. The van der Waals surface area contributed by atoms with Crippen molar-refractivity contribution in [2.45, 2.75) is 38.1 Å². The molecule has 0 aliphatic carbocycles. The highest BCUT2D eigenvalue weighted by Crippen LogP contribution is 2.44. The molecule has 4 nitrogen and oxygen atoms in total. The summed E-state index contributed by atoms with van der Waals surface area (Å²) in [5, 5.41) is 0. The Bertz CT molecular complexity index is 821. The molecule has 0 N–H and O–H groups in total. The van der Waals surface area contributed by atoms with E-state index in [2.05, 4.69) is 56.1 Å². The van der Waals surface area contributed by atoms with Gasteiger partial charge in [-0.05, 0) is 62.1 Å². The second-order valence-electron chi connectivity index (χ2n) is 8.32. The molecular weight excluding hydrogens is 360 g/mol. The van der Waals surface area contributed by atoms with E-state index in [9.17, 15) is 0 Å². The fourth-order valence-electron chi connectivity index (χ4n) is 4.70. The first kappa shape index (κ1) is 21.4. The lowest BCUT2D eigenvalue weighted by atomic mass is 9.63. The molecule has 1 aliphatic heterocycles. The number of piperidine rings is 1. The molecule has 1 heterocycles. The summed E-state index contributed by atoms with van der Waals surface area (Å²) >= 11 is 0. The molecule has 3 rings (SSSR count). The number of benzene rings is 2. The first-order chi connectivity index (χ1) is 14.0. The highest BCUT2D eigenvalue weighted by molar-refractivity contribution is 5.80. The molecule has 3 atom stereocenters. The monoisotopic (exact) mass is 394 g/mol. The maximum absolute atomic E-state index is 5.40. The number of nitrogens with zero attached hydrogens (tertiary/aromatic N) is 2.